The van der Waals surface area contributed by atoms with Crippen LogP contribution in [0.1, 0.15) is 26.7 Å². The van der Waals surface area contributed by atoms with E-state index in [2.05, 4.69) is 12.2 Å². The summed E-state index contributed by atoms with van der Waals surface area (Å²) in [5.41, 5.74) is 0. The first kappa shape index (κ1) is 16.7. The number of piperazine rings is 1. The van der Waals surface area contributed by atoms with Gasteiger partial charge in [-0.15, -0.1) is 0 Å². The number of hydrogen-bond acceptors (Lipinski definition) is 5. The SMILES string of the molecule is CCOC(=O)C1CNCCN1S(=O)(=O)N1CCCC(C)C1. The van der Waals surface area contributed by atoms with Crippen molar-refractivity contribution in [2.24, 2.45) is 5.92 Å². The molecule has 7 nitrogen and oxygen atoms in total. The molecule has 0 amide bonds. The van der Waals surface area contributed by atoms with E-state index in [4.69, 9.17) is 4.74 Å². The predicted molar refractivity (Wildman–Crippen MR) is 78.9 cm³/mol. The van der Waals surface area contributed by atoms with Crippen LogP contribution in [0.4, 0.5) is 0 Å². The molecule has 0 aromatic heterocycles. The monoisotopic (exact) mass is 319 g/mol. The smallest absolute Gasteiger partial charge is 0.325 e. The van der Waals surface area contributed by atoms with Crippen LogP contribution < -0.4 is 5.32 Å². The molecule has 2 aliphatic rings. The van der Waals surface area contributed by atoms with E-state index < -0.39 is 22.2 Å². The Morgan fingerprint density at radius 2 is 2.14 bits per heavy atom. The van der Waals surface area contributed by atoms with Gasteiger partial charge in [-0.05, 0) is 25.7 Å². The summed E-state index contributed by atoms with van der Waals surface area (Å²) in [6.45, 7) is 6.26. The third kappa shape index (κ3) is 3.74. The second-order valence-electron chi connectivity index (χ2n) is 5.70. The molecule has 2 rings (SSSR count). The summed E-state index contributed by atoms with van der Waals surface area (Å²) in [5.74, 6) is -0.115. The number of nitrogens with one attached hydrogen (secondary N) is 1. The fourth-order valence-corrected chi connectivity index (χ4v) is 4.81. The van der Waals surface area contributed by atoms with Crippen LogP contribution in [0, 0.1) is 5.92 Å². The van der Waals surface area contributed by atoms with Crippen LogP contribution in [0.15, 0.2) is 0 Å². The fraction of sp³-hybridized carbons (Fsp3) is 0.923. The number of esters is 1. The molecule has 0 spiro atoms. The highest BCUT2D eigenvalue weighted by Gasteiger charge is 2.41. The van der Waals surface area contributed by atoms with Crippen LogP contribution in [0.5, 0.6) is 0 Å². The van der Waals surface area contributed by atoms with Gasteiger partial charge in [-0.25, -0.2) is 0 Å². The van der Waals surface area contributed by atoms with Gasteiger partial charge in [0.25, 0.3) is 10.2 Å². The van der Waals surface area contributed by atoms with Crippen molar-refractivity contribution >= 4 is 16.2 Å². The van der Waals surface area contributed by atoms with Gasteiger partial charge in [0.05, 0.1) is 6.61 Å². The van der Waals surface area contributed by atoms with Gasteiger partial charge in [0, 0.05) is 32.7 Å². The number of hydrogen-bond donors (Lipinski definition) is 1. The molecule has 122 valence electrons. The molecular weight excluding hydrogens is 294 g/mol. The molecule has 0 aromatic carbocycles. The molecule has 21 heavy (non-hydrogen) atoms. The minimum absolute atomic E-state index is 0.254. The lowest BCUT2D eigenvalue weighted by molar-refractivity contribution is -0.148. The van der Waals surface area contributed by atoms with Crippen molar-refractivity contribution in [3.63, 3.8) is 0 Å². The topological polar surface area (TPSA) is 79.0 Å². The normalized spacial score (nSPS) is 29.2. The van der Waals surface area contributed by atoms with Crippen molar-refractivity contribution in [2.45, 2.75) is 32.7 Å². The van der Waals surface area contributed by atoms with E-state index in [1.807, 2.05) is 0 Å². The van der Waals surface area contributed by atoms with Crippen molar-refractivity contribution in [3.8, 4) is 0 Å². The maximum atomic E-state index is 12.8. The van der Waals surface area contributed by atoms with E-state index >= 15 is 0 Å². The molecule has 2 saturated heterocycles. The Kier molecular flexibility index (Phi) is 5.59. The molecule has 0 bridgehead atoms. The van der Waals surface area contributed by atoms with Crippen molar-refractivity contribution in [1.82, 2.24) is 13.9 Å². The molecular formula is C13H25N3O4S. The Morgan fingerprint density at radius 3 is 2.81 bits per heavy atom. The quantitative estimate of drug-likeness (QED) is 0.726. The summed E-state index contributed by atoms with van der Waals surface area (Å²) in [4.78, 5) is 12.0. The number of carbonyl (C=O) groups is 1. The summed E-state index contributed by atoms with van der Waals surface area (Å²) < 4.78 is 33.5. The van der Waals surface area contributed by atoms with Gasteiger partial charge in [-0.1, -0.05) is 6.92 Å². The molecule has 2 atom stereocenters. The van der Waals surface area contributed by atoms with Crippen molar-refractivity contribution < 1.29 is 17.9 Å². The Bertz CT molecular complexity index is 468. The first-order valence-electron chi connectivity index (χ1n) is 7.61. The number of piperidine rings is 1. The van der Waals surface area contributed by atoms with Crippen LogP contribution in [0.2, 0.25) is 0 Å². The largest absolute Gasteiger partial charge is 0.465 e. The molecule has 0 radical (unpaired) electrons. The maximum absolute atomic E-state index is 12.8. The van der Waals surface area contributed by atoms with Crippen LogP contribution in [0.3, 0.4) is 0 Å². The van der Waals surface area contributed by atoms with Gasteiger partial charge >= 0.3 is 5.97 Å². The first-order chi connectivity index (χ1) is 9.96. The van der Waals surface area contributed by atoms with Crippen molar-refractivity contribution in [3.05, 3.63) is 0 Å². The molecule has 1 N–H and O–H groups in total. The minimum Gasteiger partial charge on any atom is -0.465 e. The zero-order valence-electron chi connectivity index (χ0n) is 12.7. The molecule has 0 aliphatic carbocycles. The summed E-state index contributed by atoms with van der Waals surface area (Å²) in [7, 11) is -3.60. The summed E-state index contributed by atoms with van der Waals surface area (Å²) in [6, 6.07) is -0.763. The van der Waals surface area contributed by atoms with Gasteiger partial charge in [0.1, 0.15) is 6.04 Å². The molecule has 2 fully saturated rings. The average molecular weight is 319 g/mol. The highest BCUT2D eigenvalue weighted by molar-refractivity contribution is 7.86. The average Bonchev–Trinajstić information content (AvgIpc) is 2.47. The van der Waals surface area contributed by atoms with Crippen LogP contribution >= 0.6 is 0 Å². The van der Waals surface area contributed by atoms with Crippen LogP contribution in [0.25, 0.3) is 0 Å². The number of ether oxygens (including phenoxy) is 1. The number of rotatable bonds is 4. The van der Waals surface area contributed by atoms with Crippen LogP contribution in [-0.4, -0.2) is 68.4 Å². The lowest BCUT2D eigenvalue weighted by Crippen LogP contribution is -2.61. The number of carbonyl (C=O) groups excluding carboxylic acids is 1. The second-order valence-corrected chi connectivity index (χ2v) is 7.58. The third-order valence-electron chi connectivity index (χ3n) is 4.00. The zero-order valence-corrected chi connectivity index (χ0v) is 13.6. The zero-order chi connectivity index (χ0) is 15.5. The molecule has 0 saturated carbocycles. The summed E-state index contributed by atoms with van der Waals surface area (Å²) in [6.07, 6.45) is 1.92. The van der Waals surface area contributed by atoms with Gasteiger partial charge < -0.3 is 10.1 Å². The molecule has 2 unspecified atom stereocenters. The molecule has 0 aromatic rings. The van der Waals surface area contributed by atoms with E-state index in [1.165, 1.54) is 8.61 Å². The number of nitrogens with zero attached hydrogens (tertiary/aromatic N) is 2. The van der Waals surface area contributed by atoms with E-state index in [-0.39, 0.29) is 6.61 Å². The Balaban J connectivity index is 2.17. The summed E-state index contributed by atoms with van der Waals surface area (Å²) >= 11 is 0. The highest BCUT2D eigenvalue weighted by atomic mass is 32.2. The van der Waals surface area contributed by atoms with Crippen LogP contribution in [-0.2, 0) is 19.7 Å². The Morgan fingerprint density at radius 1 is 1.38 bits per heavy atom. The van der Waals surface area contributed by atoms with E-state index in [0.29, 0.717) is 38.6 Å². The summed E-state index contributed by atoms with van der Waals surface area (Å²) in [5, 5.41) is 3.06. The predicted octanol–water partition coefficient (Wildman–Crippen LogP) is -0.200. The van der Waals surface area contributed by atoms with Crippen molar-refractivity contribution in [1.29, 1.82) is 0 Å². The maximum Gasteiger partial charge on any atom is 0.325 e. The van der Waals surface area contributed by atoms with E-state index in [1.54, 1.807) is 6.92 Å². The van der Waals surface area contributed by atoms with Gasteiger partial charge in [-0.3, -0.25) is 4.79 Å². The molecule has 2 aliphatic heterocycles. The van der Waals surface area contributed by atoms with Gasteiger partial charge in [0.15, 0.2) is 0 Å². The highest BCUT2D eigenvalue weighted by Crippen LogP contribution is 2.22. The van der Waals surface area contributed by atoms with Crippen molar-refractivity contribution in [2.75, 3.05) is 39.3 Å². The van der Waals surface area contributed by atoms with Gasteiger partial charge in [0.2, 0.25) is 0 Å². The van der Waals surface area contributed by atoms with Gasteiger partial charge in [-0.2, -0.15) is 17.0 Å². The van der Waals surface area contributed by atoms with E-state index in [0.717, 1.165) is 12.8 Å². The second kappa shape index (κ2) is 7.04. The Labute approximate surface area is 126 Å². The fourth-order valence-electron chi connectivity index (χ4n) is 2.91. The third-order valence-corrected chi connectivity index (χ3v) is 6.01. The molecule has 2 heterocycles. The lowest BCUT2D eigenvalue weighted by atomic mass is 10.0. The standard InChI is InChI=1S/C13H25N3O4S/c1-3-20-13(17)12-9-14-6-8-16(12)21(18,19)15-7-4-5-11(2)10-15/h11-12,14H,3-10H2,1-2H3. The molecule has 8 heteroatoms. The van der Waals surface area contributed by atoms with E-state index in [9.17, 15) is 13.2 Å². The lowest BCUT2D eigenvalue weighted by Gasteiger charge is -2.39. The Hall–Kier alpha value is -0.700. The minimum atomic E-state index is -3.60. The first-order valence-corrected chi connectivity index (χ1v) is 9.00.